The maximum atomic E-state index is 13.4. The van der Waals surface area contributed by atoms with Crippen LogP contribution in [-0.2, 0) is 14.3 Å². The zero-order chi connectivity index (χ0) is 19.2. The third-order valence-corrected chi connectivity index (χ3v) is 3.91. The summed E-state index contributed by atoms with van der Waals surface area (Å²) in [7, 11) is 0. The Hall–Kier alpha value is -3.00. The summed E-state index contributed by atoms with van der Waals surface area (Å²) in [5.41, 5.74) is 1.07. The van der Waals surface area contributed by atoms with Gasteiger partial charge in [0, 0.05) is 24.0 Å². The maximum absolute atomic E-state index is 13.4. The summed E-state index contributed by atoms with van der Waals surface area (Å²) in [4.78, 5) is 23.9. The van der Waals surface area contributed by atoms with Crippen LogP contribution in [0.15, 0.2) is 42.5 Å². The van der Waals surface area contributed by atoms with Crippen molar-refractivity contribution in [1.29, 1.82) is 0 Å². The van der Waals surface area contributed by atoms with Crippen LogP contribution in [0, 0.1) is 11.6 Å². The molecular formula is C19H18F2N2O4. The first-order valence-corrected chi connectivity index (χ1v) is 8.41. The van der Waals surface area contributed by atoms with Crippen molar-refractivity contribution >= 4 is 23.2 Å². The second-order valence-electron chi connectivity index (χ2n) is 5.98. The molecule has 1 aliphatic rings. The molecule has 0 bridgehead atoms. The molecule has 1 saturated heterocycles. The van der Waals surface area contributed by atoms with Gasteiger partial charge in [0.25, 0.3) is 11.8 Å². The number of nitrogens with one attached hydrogen (secondary N) is 2. The van der Waals surface area contributed by atoms with Gasteiger partial charge in [-0.05, 0) is 49.2 Å². The van der Waals surface area contributed by atoms with Gasteiger partial charge >= 0.3 is 0 Å². The summed E-state index contributed by atoms with van der Waals surface area (Å²) in [6.45, 7) is 0.160. The number of ether oxygens (including phenoxy) is 2. The van der Waals surface area contributed by atoms with E-state index in [-0.39, 0.29) is 11.7 Å². The Morgan fingerprint density at radius 2 is 1.78 bits per heavy atom. The van der Waals surface area contributed by atoms with E-state index in [4.69, 9.17) is 9.47 Å². The van der Waals surface area contributed by atoms with E-state index in [9.17, 15) is 18.4 Å². The Morgan fingerprint density at radius 1 is 1.07 bits per heavy atom. The molecule has 2 aromatic carbocycles. The average Bonchev–Trinajstić information content (AvgIpc) is 3.17. The lowest BCUT2D eigenvalue weighted by molar-refractivity contribution is -0.124. The molecule has 6 nitrogen and oxygen atoms in total. The fourth-order valence-electron chi connectivity index (χ4n) is 2.58. The minimum atomic E-state index is -0.880. The highest BCUT2D eigenvalue weighted by Crippen LogP contribution is 2.19. The fourth-order valence-corrected chi connectivity index (χ4v) is 2.58. The molecule has 0 saturated carbocycles. The zero-order valence-corrected chi connectivity index (χ0v) is 14.3. The lowest BCUT2D eigenvalue weighted by atomic mass is 10.2. The third-order valence-electron chi connectivity index (χ3n) is 3.91. The number of anilines is 2. The van der Waals surface area contributed by atoms with Crippen LogP contribution in [-0.4, -0.2) is 31.1 Å². The van der Waals surface area contributed by atoms with Crippen molar-refractivity contribution in [2.75, 3.05) is 23.8 Å². The molecule has 0 aliphatic carbocycles. The van der Waals surface area contributed by atoms with Crippen molar-refractivity contribution < 1.29 is 27.8 Å². The maximum Gasteiger partial charge on any atom is 0.262 e. The molecule has 0 radical (unpaired) electrons. The summed E-state index contributed by atoms with van der Waals surface area (Å²) in [6, 6.07) is 9.34. The van der Waals surface area contributed by atoms with Gasteiger partial charge in [0.1, 0.15) is 11.9 Å². The topological polar surface area (TPSA) is 76.7 Å². The molecule has 1 fully saturated rings. The lowest BCUT2D eigenvalue weighted by Gasteiger charge is -2.11. The molecule has 0 aromatic heterocycles. The number of halogens is 2. The number of hydrogen-bond donors (Lipinski definition) is 2. The van der Waals surface area contributed by atoms with Gasteiger partial charge in [-0.3, -0.25) is 9.59 Å². The smallest absolute Gasteiger partial charge is 0.262 e. The number of hydrogen-bond acceptors (Lipinski definition) is 4. The van der Waals surface area contributed by atoms with Crippen LogP contribution >= 0.6 is 0 Å². The molecule has 27 heavy (non-hydrogen) atoms. The highest BCUT2D eigenvalue weighted by atomic mass is 19.1. The van der Waals surface area contributed by atoms with Gasteiger partial charge in [-0.1, -0.05) is 0 Å². The minimum Gasteiger partial charge on any atom is -0.481 e. The molecule has 2 N–H and O–H groups in total. The predicted molar refractivity (Wildman–Crippen MR) is 94.5 cm³/mol. The van der Waals surface area contributed by atoms with Crippen molar-refractivity contribution in [3.8, 4) is 5.75 Å². The molecule has 8 heteroatoms. The Morgan fingerprint density at radius 3 is 2.41 bits per heavy atom. The predicted octanol–water partition coefficient (Wildman–Crippen LogP) is 3.10. The largest absolute Gasteiger partial charge is 0.481 e. The summed E-state index contributed by atoms with van der Waals surface area (Å²) >= 11 is 0. The average molecular weight is 376 g/mol. The van der Waals surface area contributed by atoms with Crippen molar-refractivity contribution in [2.24, 2.45) is 0 Å². The molecule has 1 unspecified atom stereocenters. The summed E-state index contributed by atoms with van der Waals surface area (Å²) in [6.07, 6.45) is 1.15. The summed E-state index contributed by atoms with van der Waals surface area (Å²) < 4.78 is 36.6. The molecular weight excluding hydrogens is 358 g/mol. The Kier molecular flexibility index (Phi) is 5.97. The zero-order valence-electron chi connectivity index (χ0n) is 14.3. The Labute approximate surface area is 154 Å². The van der Waals surface area contributed by atoms with E-state index < -0.39 is 30.3 Å². The van der Waals surface area contributed by atoms with Crippen LogP contribution in [0.2, 0.25) is 0 Å². The Balaban J connectivity index is 1.48. The van der Waals surface area contributed by atoms with E-state index in [1.54, 1.807) is 24.3 Å². The number of rotatable bonds is 6. The third kappa shape index (κ3) is 5.24. The van der Waals surface area contributed by atoms with Crippen molar-refractivity contribution in [1.82, 2.24) is 0 Å². The van der Waals surface area contributed by atoms with E-state index in [0.29, 0.717) is 30.5 Å². The van der Waals surface area contributed by atoms with Crippen LogP contribution in [0.1, 0.15) is 12.8 Å². The molecule has 1 aliphatic heterocycles. The van der Waals surface area contributed by atoms with E-state index in [2.05, 4.69) is 10.6 Å². The number of amides is 2. The monoisotopic (exact) mass is 376 g/mol. The second kappa shape index (κ2) is 8.59. The molecule has 1 heterocycles. The van der Waals surface area contributed by atoms with Crippen LogP contribution in [0.4, 0.5) is 20.2 Å². The molecule has 3 rings (SSSR count). The Bertz CT molecular complexity index is 821. The summed E-state index contributed by atoms with van der Waals surface area (Å²) in [5, 5.41) is 5.33. The lowest BCUT2D eigenvalue weighted by Crippen LogP contribution is -2.26. The molecule has 2 amide bonds. The van der Waals surface area contributed by atoms with Gasteiger partial charge in [-0.15, -0.1) is 0 Å². The van der Waals surface area contributed by atoms with Crippen LogP contribution in [0.3, 0.4) is 0 Å². The SMILES string of the molecule is O=C(COc1ccc(F)cc1F)Nc1ccc(NC(=O)C2CCCO2)cc1. The van der Waals surface area contributed by atoms with Gasteiger partial charge in [0.15, 0.2) is 18.2 Å². The number of carbonyl (C=O) groups is 2. The molecule has 0 spiro atoms. The highest BCUT2D eigenvalue weighted by molar-refractivity contribution is 5.95. The van der Waals surface area contributed by atoms with Gasteiger partial charge < -0.3 is 20.1 Å². The van der Waals surface area contributed by atoms with Crippen LogP contribution in [0.5, 0.6) is 5.75 Å². The molecule has 1 atom stereocenters. The first kappa shape index (κ1) is 18.8. The fraction of sp³-hybridized carbons (Fsp3) is 0.263. The normalized spacial score (nSPS) is 16.0. The minimum absolute atomic E-state index is 0.195. The van der Waals surface area contributed by atoms with Crippen molar-refractivity contribution in [3.05, 3.63) is 54.1 Å². The standard InChI is InChI=1S/C19H18F2N2O4/c20-12-3-8-16(15(21)10-12)27-11-18(24)22-13-4-6-14(7-5-13)23-19(25)17-2-1-9-26-17/h3-8,10,17H,1-2,9,11H2,(H,22,24)(H,23,25). The van der Waals surface area contributed by atoms with Crippen molar-refractivity contribution in [3.63, 3.8) is 0 Å². The van der Waals surface area contributed by atoms with Gasteiger partial charge in [0.05, 0.1) is 0 Å². The van der Waals surface area contributed by atoms with Gasteiger partial charge in [0.2, 0.25) is 0 Å². The summed E-state index contributed by atoms with van der Waals surface area (Å²) in [5.74, 6) is -2.52. The van der Waals surface area contributed by atoms with Crippen LogP contribution < -0.4 is 15.4 Å². The number of carbonyl (C=O) groups excluding carboxylic acids is 2. The van der Waals surface area contributed by atoms with E-state index in [0.717, 1.165) is 18.6 Å². The second-order valence-corrected chi connectivity index (χ2v) is 5.98. The van der Waals surface area contributed by atoms with E-state index in [1.807, 2.05) is 0 Å². The molecule has 142 valence electrons. The first-order chi connectivity index (χ1) is 13.0. The van der Waals surface area contributed by atoms with Crippen molar-refractivity contribution in [2.45, 2.75) is 18.9 Å². The van der Waals surface area contributed by atoms with E-state index in [1.165, 1.54) is 0 Å². The highest BCUT2D eigenvalue weighted by Gasteiger charge is 2.23. The van der Waals surface area contributed by atoms with E-state index >= 15 is 0 Å². The van der Waals surface area contributed by atoms with Gasteiger partial charge in [-0.2, -0.15) is 0 Å². The van der Waals surface area contributed by atoms with Crippen LogP contribution in [0.25, 0.3) is 0 Å². The quantitative estimate of drug-likeness (QED) is 0.812. The number of benzene rings is 2. The molecule has 2 aromatic rings. The first-order valence-electron chi connectivity index (χ1n) is 8.41. The van der Waals surface area contributed by atoms with Gasteiger partial charge in [-0.25, -0.2) is 8.78 Å².